The van der Waals surface area contributed by atoms with E-state index in [4.69, 9.17) is 4.74 Å². The van der Waals surface area contributed by atoms with E-state index >= 15 is 0 Å². The van der Waals surface area contributed by atoms with E-state index in [1.54, 1.807) is 7.11 Å². The van der Waals surface area contributed by atoms with E-state index in [-0.39, 0.29) is 23.8 Å². The Kier molecular flexibility index (Phi) is 6.94. The molecule has 0 radical (unpaired) electrons. The molecule has 0 N–H and O–H groups in total. The molecule has 0 bridgehead atoms. The molecule has 6 nitrogen and oxygen atoms in total. The second kappa shape index (κ2) is 10.4. The molecule has 3 aromatic carbocycles. The first-order chi connectivity index (χ1) is 17.5. The average molecular weight is 484 g/mol. The third-order valence-electron chi connectivity index (χ3n) is 7.40. The van der Waals surface area contributed by atoms with Gasteiger partial charge < -0.3 is 19.4 Å². The fourth-order valence-corrected chi connectivity index (χ4v) is 5.40. The maximum Gasteiger partial charge on any atom is 0.228 e. The monoisotopic (exact) mass is 483 g/mol. The van der Waals surface area contributed by atoms with Crippen LogP contribution in [0.2, 0.25) is 0 Å². The number of nitrogens with zero attached hydrogens (tertiary/aromatic N) is 3. The fourth-order valence-electron chi connectivity index (χ4n) is 5.40. The highest BCUT2D eigenvalue weighted by Crippen LogP contribution is 2.41. The lowest BCUT2D eigenvalue weighted by Crippen LogP contribution is -2.54. The summed E-state index contributed by atoms with van der Waals surface area (Å²) < 4.78 is 5.36. The molecule has 0 saturated carbocycles. The van der Waals surface area contributed by atoms with Crippen LogP contribution in [-0.4, -0.2) is 50.0 Å². The van der Waals surface area contributed by atoms with E-state index in [9.17, 15) is 9.59 Å². The lowest BCUT2D eigenvalue weighted by Gasteiger charge is -2.44. The van der Waals surface area contributed by atoms with Gasteiger partial charge in [-0.05, 0) is 55.3 Å². The summed E-state index contributed by atoms with van der Waals surface area (Å²) in [5.74, 6) is 0.633. The zero-order valence-corrected chi connectivity index (χ0v) is 21.0. The van der Waals surface area contributed by atoms with Crippen molar-refractivity contribution < 1.29 is 14.3 Å². The summed E-state index contributed by atoms with van der Waals surface area (Å²) in [4.78, 5) is 33.4. The number of anilines is 2. The fraction of sp³-hybridized carbons (Fsp3) is 0.333. The number of piperidine rings is 1. The Bertz CT molecular complexity index is 1190. The van der Waals surface area contributed by atoms with Crippen LogP contribution in [0.4, 0.5) is 11.4 Å². The van der Waals surface area contributed by atoms with Gasteiger partial charge in [-0.25, -0.2) is 0 Å². The number of carbonyl (C=O) groups excluding carboxylic acids is 2. The number of benzene rings is 3. The van der Waals surface area contributed by atoms with Gasteiger partial charge in [0.15, 0.2) is 0 Å². The van der Waals surface area contributed by atoms with Crippen molar-refractivity contribution >= 4 is 23.2 Å². The molecule has 0 spiro atoms. The van der Waals surface area contributed by atoms with Gasteiger partial charge in [-0.15, -0.1) is 0 Å². The number of para-hydroxylation sites is 1. The van der Waals surface area contributed by atoms with E-state index in [1.165, 1.54) is 5.69 Å². The number of carbonyl (C=O) groups is 2. The van der Waals surface area contributed by atoms with Gasteiger partial charge in [0.2, 0.25) is 11.8 Å². The number of piperazine rings is 1. The van der Waals surface area contributed by atoms with Crippen molar-refractivity contribution in [2.75, 3.05) is 43.1 Å². The second-order valence-corrected chi connectivity index (χ2v) is 9.61. The van der Waals surface area contributed by atoms with Gasteiger partial charge in [-0.2, -0.15) is 0 Å². The molecule has 0 aliphatic carbocycles. The minimum absolute atomic E-state index is 0.0534. The molecule has 2 heterocycles. The van der Waals surface area contributed by atoms with E-state index in [2.05, 4.69) is 17.0 Å². The Morgan fingerprint density at radius 2 is 1.50 bits per heavy atom. The SMILES string of the molecule is COc1ccc(C2C(C(=O)N3CCN(c4ccccc4)CC3)CCC(=O)N2c2ccc(C)cc2)cc1. The zero-order valence-electron chi connectivity index (χ0n) is 21.0. The van der Waals surface area contributed by atoms with Gasteiger partial charge in [-0.1, -0.05) is 48.0 Å². The molecule has 2 aliphatic heterocycles. The summed E-state index contributed by atoms with van der Waals surface area (Å²) in [7, 11) is 1.64. The highest BCUT2D eigenvalue weighted by Gasteiger charge is 2.43. The zero-order chi connectivity index (χ0) is 25.1. The number of methoxy groups -OCH3 is 1. The van der Waals surface area contributed by atoms with Gasteiger partial charge in [0.25, 0.3) is 0 Å². The summed E-state index contributed by atoms with van der Waals surface area (Å²) in [6, 6.07) is 25.8. The Hall–Kier alpha value is -3.80. The first-order valence-electron chi connectivity index (χ1n) is 12.7. The molecular formula is C30H33N3O3. The molecule has 2 amide bonds. The number of amides is 2. The first-order valence-corrected chi connectivity index (χ1v) is 12.7. The molecule has 0 aromatic heterocycles. The lowest BCUT2D eigenvalue weighted by molar-refractivity contribution is -0.138. The van der Waals surface area contributed by atoms with Crippen molar-refractivity contribution in [1.29, 1.82) is 0 Å². The molecule has 2 saturated heterocycles. The number of ether oxygens (including phenoxy) is 1. The first kappa shape index (κ1) is 23.9. The van der Waals surface area contributed by atoms with Crippen LogP contribution >= 0.6 is 0 Å². The molecule has 6 heteroatoms. The summed E-state index contributed by atoms with van der Waals surface area (Å²) >= 11 is 0. The third-order valence-corrected chi connectivity index (χ3v) is 7.40. The van der Waals surface area contributed by atoms with Crippen molar-refractivity contribution in [2.45, 2.75) is 25.8 Å². The predicted molar refractivity (Wildman–Crippen MR) is 142 cm³/mol. The van der Waals surface area contributed by atoms with Crippen LogP contribution in [0, 0.1) is 12.8 Å². The number of aryl methyl sites for hydroxylation is 1. The van der Waals surface area contributed by atoms with Gasteiger partial charge in [0.05, 0.1) is 19.1 Å². The maximum absolute atomic E-state index is 14.0. The number of rotatable bonds is 5. The standard InChI is InChI=1S/C30H33N3O3/c1-22-8-12-25(13-9-22)33-28(34)17-16-27(29(33)23-10-14-26(36-2)15-11-23)30(35)32-20-18-31(19-21-32)24-6-4-3-5-7-24/h3-15,27,29H,16-21H2,1-2H3. The molecule has 5 rings (SSSR count). The second-order valence-electron chi connectivity index (χ2n) is 9.61. The van der Waals surface area contributed by atoms with E-state index in [1.807, 2.05) is 83.5 Å². The molecule has 186 valence electrons. The van der Waals surface area contributed by atoms with Gasteiger partial charge >= 0.3 is 0 Å². The number of hydrogen-bond donors (Lipinski definition) is 0. The Morgan fingerprint density at radius 3 is 2.14 bits per heavy atom. The van der Waals surface area contributed by atoms with Gasteiger partial charge in [0.1, 0.15) is 5.75 Å². The summed E-state index contributed by atoms with van der Waals surface area (Å²) in [6.45, 7) is 4.99. The predicted octanol–water partition coefficient (Wildman–Crippen LogP) is 4.84. The maximum atomic E-state index is 14.0. The molecule has 3 aromatic rings. The quantitative estimate of drug-likeness (QED) is 0.521. The Labute approximate surface area is 213 Å². The van der Waals surface area contributed by atoms with Crippen molar-refractivity contribution in [2.24, 2.45) is 5.92 Å². The van der Waals surface area contributed by atoms with Crippen LogP contribution in [0.1, 0.15) is 30.0 Å². The van der Waals surface area contributed by atoms with Crippen molar-refractivity contribution in [3.05, 3.63) is 90.0 Å². The van der Waals surface area contributed by atoms with Crippen LogP contribution in [0.5, 0.6) is 5.75 Å². The van der Waals surface area contributed by atoms with Crippen LogP contribution in [0.25, 0.3) is 0 Å². The van der Waals surface area contributed by atoms with Crippen molar-refractivity contribution in [1.82, 2.24) is 4.90 Å². The topological polar surface area (TPSA) is 53.1 Å². The smallest absolute Gasteiger partial charge is 0.228 e. The van der Waals surface area contributed by atoms with Crippen molar-refractivity contribution in [3.8, 4) is 5.75 Å². The van der Waals surface area contributed by atoms with Crippen LogP contribution in [0.3, 0.4) is 0 Å². The van der Waals surface area contributed by atoms with Crippen molar-refractivity contribution in [3.63, 3.8) is 0 Å². The molecule has 2 unspecified atom stereocenters. The van der Waals surface area contributed by atoms with E-state index in [0.717, 1.165) is 35.7 Å². The summed E-state index contributed by atoms with van der Waals surface area (Å²) in [5.41, 5.74) is 4.10. The minimum Gasteiger partial charge on any atom is -0.497 e. The molecular weight excluding hydrogens is 450 g/mol. The van der Waals surface area contributed by atoms with Gasteiger partial charge in [-0.3, -0.25) is 9.59 Å². The van der Waals surface area contributed by atoms with E-state index in [0.29, 0.717) is 25.9 Å². The Balaban J connectivity index is 1.43. The Morgan fingerprint density at radius 1 is 0.833 bits per heavy atom. The highest BCUT2D eigenvalue weighted by molar-refractivity contribution is 5.97. The molecule has 2 atom stereocenters. The largest absolute Gasteiger partial charge is 0.497 e. The average Bonchev–Trinajstić information content (AvgIpc) is 2.94. The summed E-state index contributed by atoms with van der Waals surface area (Å²) in [6.07, 6.45) is 0.913. The summed E-state index contributed by atoms with van der Waals surface area (Å²) in [5, 5.41) is 0. The van der Waals surface area contributed by atoms with E-state index < -0.39 is 0 Å². The molecule has 36 heavy (non-hydrogen) atoms. The number of hydrogen-bond acceptors (Lipinski definition) is 4. The highest BCUT2D eigenvalue weighted by atomic mass is 16.5. The normalized spacial score (nSPS) is 20.4. The van der Waals surface area contributed by atoms with Crippen LogP contribution in [0.15, 0.2) is 78.9 Å². The molecule has 2 aliphatic rings. The van der Waals surface area contributed by atoms with Crippen LogP contribution < -0.4 is 14.5 Å². The van der Waals surface area contributed by atoms with Crippen LogP contribution in [-0.2, 0) is 9.59 Å². The lowest BCUT2D eigenvalue weighted by atomic mass is 9.82. The minimum atomic E-state index is -0.362. The third kappa shape index (κ3) is 4.81. The van der Waals surface area contributed by atoms with Gasteiger partial charge in [0, 0.05) is 44.0 Å². The molecule has 2 fully saturated rings.